The highest BCUT2D eigenvalue weighted by Gasteiger charge is 2.35. The molecule has 2 unspecified atom stereocenters. The van der Waals surface area contributed by atoms with Gasteiger partial charge in [0.2, 0.25) is 0 Å². The summed E-state index contributed by atoms with van der Waals surface area (Å²) in [5, 5.41) is 3.29. The van der Waals surface area contributed by atoms with E-state index < -0.39 is 8.07 Å². The molecule has 0 aromatic heterocycles. The lowest BCUT2D eigenvalue weighted by molar-refractivity contribution is 0.340. The second kappa shape index (κ2) is 4.38. The van der Waals surface area contributed by atoms with Crippen molar-refractivity contribution in [3.8, 4) is 0 Å². The monoisotopic (exact) mass is 236 g/mol. The highest BCUT2D eigenvalue weighted by atomic mass is 28.3. The van der Waals surface area contributed by atoms with Crippen LogP contribution in [0.3, 0.4) is 0 Å². The zero-order valence-corrected chi connectivity index (χ0v) is 12.0. The zero-order valence-electron chi connectivity index (χ0n) is 11.0. The first kappa shape index (κ1) is 11.9. The van der Waals surface area contributed by atoms with Crippen LogP contribution in [-0.4, -0.2) is 32.6 Å². The molecule has 0 aromatic carbocycles. The number of nitrogens with zero attached hydrogens (tertiary/aromatic N) is 1. The van der Waals surface area contributed by atoms with Crippen LogP contribution in [0.25, 0.3) is 0 Å². The van der Waals surface area contributed by atoms with E-state index in [2.05, 4.69) is 55.4 Å². The Hall–Kier alpha value is -0.543. The summed E-state index contributed by atoms with van der Waals surface area (Å²) >= 11 is 0. The number of rotatable bonds is 2. The fraction of sp³-hybridized carbons (Fsp3) is 0.692. The number of hydrogen-bond donors (Lipinski definition) is 1. The molecule has 2 nitrogen and oxygen atoms in total. The van der Waals surface area contributed by atoms with Gasteiger partial charge >= 0.3 is 0 Å². The van der Waals surface area contributed by atoms with Crippen LogP contribution in [0.2, 0.25) is 25.2 Å². The predicted octanol–water partition coefficient (Wildman–Crippen LogP) is 2.79. The van der Waals surface area contributed by atoms with Gasteiger partial charge in [-0.15, -0.1) is 0 Å². The first-order valence-electron chi connectivity index (χ1n) is 6.33. The molecule has 2 rings (SSSR count). The van der Waals surface area contributed by atoms with Crippen molar-refractivity contribution < 1.29 is 0 Å². The normalized spacial score (nSPS) is 31.4. The van der Waals surface area contributed by atoms with Gasteiger partial charge in [-0.05, 0) is 43.7 Å². The largest absolute Gasteiger partial charge is 0.368 e. The van der Waals surface area contributed by atoms with E-state index in [0.29, 0.717) is 11.6 Å². The molecular formula is C13H24N2Si. The number of likely N-dealkylation sites (tertiary alicyclic amines) is 1. The van der Waals surface area contributed by atoms with Crippen LogP contribution in [-0.2, 0) is 0 Å². The van der Waals surface area contributed by atoms with Crippen LogP contribution in [0.1, 0.15) is 12.8 Å². The van der Waals surface area contributed by atoms with Gasteiger partial charge in [0, 0.05) is 12.2 Å². The van der Waals surface area contributed by atoms with Crippen LogP contribution < -0.4 is 5.32 Å². The Morgan fingerprint density at radius 1 is 1.38 bits per heavy atom. The first-order chi connectivity index (χ1) is 7.50. The zero-order chi connectivity index (χ0) is 11.8. The average molecular weight is 236 g/mol. The minimum atomic E-state index is -1.14. The van der Waals surface area contributed by atoms with Gasteiger partial charge in [-0.1, -0.05) is 25.7 Å². The minimum absolute atomic E-state index is 0.675. The molecule has 2 heterocycles. The van der Waals surface area contributed by atoms with Crippen molar-refractivity contribution in [1.82, 2.24) is 10.2 Å². The Morgan fingerprint density at radius 3 is 2.69 bits per heavy atom. The Bertz CT molecular complexity index is 314. The first-order valence-corrected chi connectivity index (χ1v) is 9.91. The summed E-state index contributed by atoms with van der Waals surface area (Å²) in [6, 6.07) is 0.675. The van der Waals surface area contributed by atoms with Gasteiger partial charge < -0.3 is 5.32 Å². The molecule has 1 fully saturated rings. The van der Waals surface area contributed by atoms with Gasteiger partial charge in [-0.3, -0.25) is 4.90 Å². The van der Waals surface area contributed by atoms with E-state index >= 15 is 0 Å². The van der Waals surface area contributed by atoms with E-state index in [1.54, 1.807) is 5.57 Å². The lowest BCUT2D eigenvalue weighted by atomic mass is 10.0. The van der Waals surface area contributed by atoms with E-state index in [-0.39, 0.29) is 0 Å². The van der Waals surface area contributed by atoms with E-state index in [1.807, 2.05) is 0 Å². The molecule has 16 heavy (non-hydrogen) atoms. The van der Waals surface area contributed by atoms with Crippen LogP contribution in [0, 0.1) is 0 Å². The van der Waals surface area contributed by atoms with Gasteiger partial charge in [-0.2, -0.15) is 0 Å². The van der Waals surface area contributed by atoms with Crippen LogP contribution in [0.15, 0.2) is 24.0 Å². The van der Waals surface area contributed by atoms with Gasteiger partial charge in [0.05, 0.1) is 8.07 Å². The molecule has 0 aliphatic carbocycles. The van der Waals surface area contributed by atoms with Crippen molar-refractivity contribution in [1.29, 1.82) is 0 Å². The van der Waals surface area contributed by atoms with Gasteiger partial charge in [-0.25, -0.2) is 0 Å². The Morgan fingerprint density at radius 2 is 2.12 bits per heavy atom. The maximum Gasteiger partial charge on any atom is 0.0563 e. The molecule has 2 atom stereocenters. The Kier molecular flexibility index (Phi) is 3.26. The molecule has 1 N–H and O–H groups in total. The highest BCUT2D eigenvalue weighted by molar-refractivity contribution is 6.78. The summed E-state index contributed by atoms with van der Waals surface area (Å²) in [6.45, 7) is 8.66. The summed E-state index contributed by atoms with van der Waals surface area (Å²) in [5.74, 6) is 0. The van der Waals surface area contributed by atoms with E-state index in [0.717, 1.165) is 0 Å². The average Bonchev–Trinajstić information content (AvgIpc) is 2.63. The number of nitrogens with one attached hydrogen (secondary N) is 1. The molecular weight excluding hydrogens is 212 g/mol. The smallest absolute Gasteiger partial charge is 0.0563 e. The molecule has 1 saturated heterocycles. The standard InChI is InChI=1S/C13H24N2Si/c1-15-9-5-6-12(15)11-10-14-8-7-13(11)16(2,3)4/h7-8,10,12-14H,5-6,9H2,1-4H3. The van der Waals surface area contributed by atoms with Crippen molar-refractivity contribution in [2.45, 2.75) is 44.1 Å². The van der Waals surface area contributed by atoms with Gasteiger partial charge in [0.25, 0.3) is 0 Å². The third kappa shape index (κ3) is 2.25. The number of likely N-dealkylation sites (N-methyl/N-ethyl adjacent to an activating group) is 1. The van der Waals surface area contributed by atoms with Crippen LogP contribution in [0.4, 0.5) is 0 Å². The molecule has 0 spiro atoms. The molecule has 90 valence electrons. The molecule has 2 aliphatic rings. The maximum atomic E-state index is 3.29. The quantitative estimate of drug-likeness (QED) is 0.742. The van der Waals surface area contributed by atoms with Gasteiger partial charge in [0.1, 0.15) is 0 Å². The van der Waals surface area contributed by atoms with Crippen LogP contribution >= 0.6 is 0 Å². The summed E-state index contributed by atoms with van der Waals surface area (Å²) in [4.78, 5) is 2.51. The molecule has 0 radical (unpaired) electrons. The van der Waals surface area contributed by atoms with E-state index in [1.165, 1.54) is 19.4 Å². The topological polar surface area (TPSA) is 15.3 Å². The van der Waals surface area contributed by atoms with Crippen molar-refractivity contribution in [2.24, 2.45) is 0 Å². The maximum absolute atomic E-state index is 3.29. The van der Waals surface area contributed by atoms with Gasteiger partial charge in [0.15, 0.2) is 0 Å². The fourth-order valence-electron chi connectivity index (χ4n) is 2.92. The molecule has 2 aliphatic heterocycles. The third-order valence-electron chi connectivity index (χ3n) is 3.83. The van der Waals surface area contributed by atoms with E-state index in [4.69, 9.17) is 0 Å². The highest BCUT2D eigenvalue weighted by Crippen LogP contribution is 2.38. The van der Waals surface area contributed by atoms with Crippen molar-refractivity contribution in [2.75, 3.05) is 13.6 Å². The SMILES string of the molecule is CN1CCCC1C1=CNC=CC1[Si](C)(C)C. The molecule has 0 aromatic rings. The third-order valence-corrected chi connectivity index (χ3v) is 6.22. The van der Waals surface area contributed by atoms with Crippen LogP contribution in [0.5, 0.6) is 0 Å². The molecule has 3 heteroatoms. The number of allylic oxidation sites excluding steroid dienone is 1. The van der Waals surface area contributed by atoms with Crippen molar-refractivity contribution in [3.63, 3.8) is 0 Å². The predicted molar refractivity (Wildman–Crippen MR) is 73.1 cm³/mol. The molecule has 0 amide bonds. The summed E-state index contributed by atoms with van der Waals surface area (Å²) < 4.78 is 0. The lowest BCUT2D eigenvalue weighted by Crippen LogP contribution is -2.38. The second-order valence-corrected chi connectivity index (χ2v) is 11.5. The number of hydrogen-bond acceptors (Lipinski definition) is 2. The number of dihydropyridines is 1. The fourth-order valence-corrected chi connectivity index (χ4v) is 4.87. The summed E-state index contributed by atoms with van der Waals surface area (Å²) in [6.07, 6.45) is 9.43. The van der Waals surface area contributed by atoms with E-state index in [9.17, 15) is 0 Å². The second-order valence-electron chi connectivity index (χ2n) is 6.15. The molecule has 0 bridgehead atoms. The summed E-state index contributed by atoms with van der Waals surface area (Å²) in [5.41, 5.74) is 2.33. The van der Waals surface area contributed by atoms with Crippen molar-refractivity contribution in [3.05, 3.63) is 24.0 Å². The summed E-state index contributed by atoms with van der Waals surface area (Å²) in [7, 11) is 1.12. The molecule has 0 saturated carbocycles. The Balaban J connectivity index is 2.21. The lowest BCUT2D eigenvalue weighted by Gasteiger charge is -2.36. The van der Waals surface area contributed by atoms with Crippen molar-refractivity contribution >= 4 is 8.07 Å². The minimum Gasteiger partial charge on any atom is -0.368 e. The Labute approximate surface area is 100 Å².